The van der Waals surface area contributed by atoms with Gasteiger partial charge in [0.2, 0.25) is 0 Å². The van der Waals surface area contributed by atoms with Crippen LogP contribution in [0.1, 0.15) is 40.5 Å². The Balaban J connectivity index is 1.52. The molecular formula is C20H27N3O4. The molecule has 0 spiro atoms. The number of fused-ring (bicyclic) bond motifs is 1. The van der Waals surface area contributed by atoms with Crippen LogP contribution in [0.5, 0.6) is 0 Å². The van der Waals surface area contributed by atoms with Crippen molar-refractivity contribution in [3.8, 4) is 0 Å². The molecule has 1 saturated heterocycles. The second kappa shape index (κ2) is 7.58. The van der Waals surface area contributed by atoms with Gasteiger partial charge < -0.3 is 19.4 Å². The van der Waals surface area contributed by atoms with E-state index in [4.69, 9.17) is 9.15 Å². The van der Waals surface area contributed by atoms with E-state index in [1.807, 2.05) is 49.9 Å². The van der Waals surface area contributed by atoms with E-state index in [0.717, 1.165) is 11.1 Å². The Bertz CT molecular complexity index is 783. The smallest absolute Gasteiger partial charge is 0.309 e. The summed E-state index contributed by atoms with van der Waals surface area (Å²) in [5, 5.41) is 2.82. The number of benzene rings is 1. The third-order valence-electron chi connectivity index (χ3n) is 4.54. The van der Waals surface area contributed by atoms with Gasteiger partial charge in [0.05, 0.1) is 5.92 Å². The number of carbonyl (C=O) groups excluding carboxylic acids is 2. The molecule has 0 unspecified atom stereocenters. The number of carbonyl (C=O) groups is 2. The van der Waals surface area contributed by atoms with Crippen LogP contribution in [0.25, 0.3) is 11.1 Å². The number of hydrogen-bond acceptors (Lipinski definition) is 6. The zero-order valence-electron chi connectivity index (χ0n) is 16.3. The lowest BCUT2D eigenvalue weighted by Crippen LogP contribution is -2.47. The number of aromatic nitrogens is 1. The third-order valence-corrected chi connectivity index (χ3v) is 4.54. The van der Waals surface area contributed by atoms with Crippen LogP contribution >= 0.6 is 0 Å². The van der Waals surface area contributed by atoms with Crippen LogP contribution in [-0.4, -0.2) is 41.6 Å². The van der Waals surface area contributed by atoms with Gasteiger partial charge in [-0.1, -0.05) is 12.1 Å². The molecule has 1 fully saturated rings. The van der Waals surface area contributed by atoms with E-state index < -0.39 is 6.10 Å². The van der Waals surface area contributed by atoms with Crippen molar-refractivity contribution in [3.05, 3.63) is 24.3 Å². The van der Waals surface area contributed by atoms with E-state index >= 15 is 0 Å². The molecule has 2 aromatic rings. The monoisotopic (exact) mass is 373 g/mol. The maximum Gasteiger partial charge on any atom is 0.309 e. The van der Waals surface area contributed by atoms with E-state index in [1.54, 1.807) is 6.92 Å². The highest BCUT2D eigenvalue weighted by Crippen LogP contribution is 2.27. The topological polar surface area (TPSA) is 84.7 Å². The van der Waals surface area contributed by atoms with Crippen LogP contribution < -0.4 is 10.2 Å². The van der Waals surface area contributed by atoms with Crippen molar-refractivity contribution >= 4 is 29.0 Å². The summed E-state index contributed by atoms with van der Waals surface area (Å²) >= 11 is 0. The average Bonchev–Trinajstić information content (AvgIpc) is 3.04. The third kappa shape index (κ3) is 4.78. The molecule has 146 valence electrons. The van der Waals surface area contributed by atoms with Crippen molar-refractivity contribution in [3.63, 3.8) is 0 Å². The minimum atomic E-state index is -0.799. The van der Waals surface area contributed by atoms with Gasteiger partial charge >= 0.3 is 5.97 Å². The summed E-state index contributed by atoms with van der Waals surface area (Å²) in [5.74, 6) is -0.806. The Hall–Kier alpha value is -2.57. The van der Waals surface area contributed by atoms with E-state index in [1.165, 1.54) is 0 Å². The molecular weight excluding hydrogens is 346 g/mol. The molecule has 1 aromatic heterocycles. The minimum Gasteiger partial charge on any atom is -0.452 e. The number of nitrogens with zero attached hydrogens (tertiary/aromatic N) is 2. The molecule has 0 aliphatic carbocycles. The van der Waals surface area contributed by atoms with Gasteiger partial charge in [-0.2, -0.15) is 4.98 Å². The molecule has 1 amide bonds. The van der Waals surface area contributed by atoms with Crippen molar-refractivity contribution in [2.45, 2.75) is 52.2 Å². The highest BCUT2D eigenvalue weighted by molar-refractivity contribution is 5.84. The Kier molecular flexibility index (Phi) is 5.39. The number of para-hydroxylation sites is 2. The summed E-state index contributed by atoms with van der Waals surface area (Å²) in [6.45, 7) is 8.60. The Morgan fingerprint density at radius 3 is 2.56 bits per heavy atom. The SMILES string of the molecule is C[C@H](OC(=O)C1CCN(c2nc3ccccc3o2)CC1)C(=O)NC(C)(C)C. The lowest BCUT2D eigenvalue weighted by atomic mass is 9.97. The van der Waals surface area contributed by atoms with Crippen LogP contribution in [0.4, 0.5) is 6.01 Å². The number of nitrogens with one attached hydrogen (secondary N) is 1. The first-order valence-electron chi connectivity index (χ1n) is 9.36. The molecule has 1 aliphatic heterocycles. The summed E-state index contributed by atoms with van der Waals surface area (Å²) in [6.07, 6.45) is 0.489. The van der Waals surface area contributed by atoms with Gasteiger partial charge in [0, 0.05) is 18.6 Å². The van der Waals surface area contributed by atoms with Gasteiger partial charge in [-0.15, -0.1) is 0 Å². The van der Waals surface area contributed by atoms with Crippen molar-refractivity contribution in [1.29, 1.82) is 0 Å². The summed E-state index contributed by atoms with van der Waals surface area (Å²) in [4.78, 5) is 31.0. The van der Waals surface area contributed by atoms with Crippen molar-refractivity contribution in [2.24, 2.45) is 5.92 Å². The van der Waals surface area contributed by atoms with E-state index in [-0.39, 0.29) is 23.3 Å². The zero-order chi connectivity index (χ0) is 19.6. The van der Waals surface area contributed by atoms with Crippen LogP contribution in [-0.2, 0) is 14.3 Å². The first kappa shape index (κ1) is 19.2. The second-order valence-corrected chi connectivity index (χ2v) is 8.04. The highest BCUT2D eigenvalue weighted by Gasteiger charge is 2.31. The fraction of sp³-hybridized carbons (Fsp3) is 0.550. The van der Waals surface area contributed by atoms with Crippen molar-refractivity contribution in [1.82, 2.24) is 10.3 Å². The average molecular weight is 373 g/mol. The standard InChI is InChI=1S/C20H27N3O4/c1-13(17(24)22-20(2,3)4)26-18(25)14-9-11-23(12-10-14)19-21-15-7-5-6-8-16(15)27-19/h5-8,13-14H,9-12H2,1-4H3,(H,22,24)/t13-/m0/s1. The Morgan fingerprint density at radius 2 is 1.93 bits per heavy atom. The number of hydrogen-bond donors (Lipinski definition) is 1. The fourth-order valence-electron chi connectivity index (χ4n) is 3.10. The zero-order valence-corrected chi connectivity index (χ0v) is 16.3. The molecule has 7 nitrogen and oxygen atoms in total. The minimum absolute atomic E-state index is 0.212. The molecule has 1 atom stereocenters. The number of amides is 1. The molecule has 0 radical (unpaired) electrons. The normalized spacial score (nSPS) is 17.0. The molecule has 1 N–H and O–H groups in total. The predicted molar refractivity (Wildman–Crippen MR) is 102 cm³/mol. The van der Waals surface area contributed by atoms with Crippen molar-refractivity contribution in [2.75, 3.05) is 18.0 Å². The number of rotatable bonds is 4. The largest absolute Gasteiger partial charge is 0.452 e. The maximum atomic E-state index is 12.4. The van der Waals surface area contributed by atoms with Crippen LogP contribution in [0.15, 0.2) is 28.7 Å². The lowest BCUT2D eigenvalue weighted by Gasteiger charge is -2.30. The quantitative estimate of drug-likeness (QED) is 0.830. The maximum absolute atomic E-state index is 12.4. The lowest BCUT2D eigenvalue weighted by molar-refractivity contribution is -0.159. The van der Waals surface area contributed by atoms with Gasteiger partial charge in [0.25, 0.3) is 11.9 Å². The first-order valence-corrected chi connectivity index (χ1v) is 9.36. The van der Waals surface area contributed by atoms with Crippen LogP contribution in [0.3, 0.4) is 0 Å². The molecule has 7 heteroatoms. The van der Waals surface area contributed by atoms with Gasteiger partial charge in [-0.05, 0) is 52.7 Å². The van der Waals surface area contributed by atoms with E-state index in [9.17, 15) is 9.59 Å². The number of piperidine rings is 1. The molecule has 0 saturated carbocycles. The fourth-order valence-corrected chi connectivity index (χ4v) is 3.10. The van der Waals surface area contributed by atoms with Gasteiger partial charge in [-0.3, -0.25) is 9.59 Å². The van der Waals surface area contributed by atoms with Crippen molar-refractivity contribution < 1.29 is 18.7 Å². The van der Waals surface area contributed by atoms with E-state index in [2.05, 4.69) is 10.3 Å². The van der Waals surface area contributed by atoms with Crippen LogP contribution in [0.2, 0.25) is 0 Å². The van der Waals surface area contributed by atoms with Gasteiger partial charge in [-0.25, -0.2) is 0 Å². The summed E-state index contributed by atoms with van der Waals surface area (Å²) in [6, 6.07) is 8.22. The molecule has 3 rings (SSSR count). The Morgan fingerprint density at radius 1 is 1.26 bits per heavy atom. The molecule has 1 aliphatic rings. The summed E-state index contributed by atoms with van der Waals surface area (Å²) in [5.41, 5.74) is 1.23. The van der Waals surface area contributed by atoms with Crippen LogP contribution in [0, 0.1) is 5.92 Å². The number of oxazole rings is 1. The van der Waals surface area contributed by atoms with Gasteiger partial charge in [0.1, 0.15) is 5.52 Å². The first-order chi connectivity index (χ1) is 12.7. The number of ether oxygens (including phenoxy) is 1. The predicted octanol–water partition coefficient (Wildman–Crippen LogP) is 2.89. The highest BCUT2D eigenvalue weighted by atomic mass is 16.5. The Labute approximate surface area is 159 Å². The summed E-state index contributed by atoms with van der Waals surface area (Å²) in [7, 11) is 0. The number of anilines is 1. The molecule has 0 bridgehead atoms. The second-order valence-electron chi connectivity index (χ2n) is 8.04. The summed E-state index contributed by atoms with van der Waals surface area (Å²) < 4.78 is 11.2. The molecule has 2 heterocycles. The van der Waals surface area contributed by atoms with E-state index in [0.29, 0.717) is 31.9 Å². The number of esters is 1. The molecule has 1 aromatic carbocycles. The van der Waals surface area contributed by atoms with Gasteiger partial charge in [0.15, 0.2) is 11.7 Å². The molecule has 27 heavy (non-hydrogen) atoms.